The van der Waals surface area contributed by atoms with Crippen LogP contribution in [0.3, 0.4) is 0 Å². The second-order valence-corrected chi connectivity index (χ2v) is 4.66. The molecule has 1 heteroatoms. The molecule has 0 fully saturated rings. The monoisotopic (exact) mass is 225 g/mol. The van der Waals surface area contributed by atoms with Crippen LogP contribution in [0.15, 0.2) is 11.6 Å². The quantitative estimate of drug-likeness (QED) is 0.490. The van der Waals surface area contributed by atoms with Crippen molar-refractivity contribution in [1.29, 1.82) is 0 Å². The molecule has 0 aromatic carbocycles. The lowest BCUT2D eigenvalue weighted by Gasteiger charge is -2.19. The first-order chi connectivity index (χ1) is 7.78. The van der Waals surface area contributed by atoms with E-state index in [1.807, 2.05) is 0 Å². The summed E-state index contributed by atoms with van der Waals surface area (Å²) in [5.41, 5.74) is 1.67. The van der Waals surface area contributed by atoms with Crippen LogP contribution < -0.4 is 0 Å². The Hall–Kier alpha value is -0.300. The molecule has 0 unspecified atom stereocenters. The van der Waals surface area contributed by atoms with Crippen molar-refractivity contribution in [3.05, 3.63) is 11.6 Å². The molecule has 96 valence electrons. The molecule has 0 rings (SSSR count). The molecule has 0 aliphatic carbocycles. The maximum absolute atomic E-state index is 2.57. The first kappa shape index (κ1) is 15.7. The van der Waals surface area contributed by atoms with Gasteiger partial charge in [-0.3, -0.25) is 4.90 Å². The zero-order valence-electron chi connectivity index (χ0n) is 11.9. The van der Waals surface area contributed by atoms with Gasteiger partial charge in [-0.15, -0.1) is 0 Å². The standard InChI is InChI=1S/C15H31N/c1-5-9-15(10-6-2)11-14-16(12-7-3)13-8-4/h11H,5-10,12-14H2,1-4H3. The zero-order chi connectivity index (χ0) is 12.2. The highest BCUT2D eigenvalue weighted by Crippen LogP contribution is 2.12. The van der Waals surface area contributed by atoms with Crippen molar-refractivity contribution < 1.29 is 0 Å². The number of hydrogen-bond donors (Lipinski definition) is 0. The van der Waals surface area contributed by atoms with E-state index in [1.165, 1.54) is 51.6 Å². The predicted octanol–water partition coefficient (Wildman–Crippen LogP) is 4.64. The van der Waals surface area contributed by atoms with Crippen LogP contribution in [0.1, 0.15) is 66.2 Å². The zero-order valence-corrected chi connectivity index (χ0v) is 11.9. The SMILES string of the molecule is CCCC(=CCN(CCC)CCC)CCC. The highest BCUT2D eigenvalue weighted by molar-refractivity contribution is 5.02. The van der Waals surface area contributed by atoms with E-state index in [0.29, 0.717) is 0 Å². The molecule has 0 bridgehead atoms. The van der Waals surface area contributed by atoms with E-state index in [9.17, 15) is 0 Å². The highest BCUT2D eigenvalue weighted by atomic mass is 15.1. The van der Waals surface area contributed by atoms with Crippen LogP contribution >= 0.6 is 0 Å². The van der Waals surface area contributed by atoms with Crippen LogP contribution in [0, 0.1) is 0 Å². The summed E-state index contributed by atoms with van der Waals surface area (Å²) in [6.45, 7) is 12.7. The molecule has 0 N–H and O–H groups in total. The van der Waals surface area contributed by atoms with Gasteiger partial charge in [-0.2, -0.15) is 0 Å². The first-order valence-corrected chi connectivity index (χ1v) is 7.18. The molecule has 0 spiro atoms. The van der Waals surface area contributed by atoms with Crippen LogP contribution in [0.25, 0.3) is 0 Å². The van der Waals surface area contributed by atoms with E-state index in [0.717, 1.165) is 6.54 Å². The molecule has 0 aromatic rings. The van der Waals surface area contributed by atoms with Gasteiger partial charge in [0, 0.05) is 6.54 Å². The van der Waals surface area contributed by atoms with E-state index in [2.05, 4.69) is 38.7 Å². The van der Waals surface area contributed by atoms with Gasteiger partial charge in [0.2, 0.25) is 0 Å². The van der Waals surface area contributed by atoms with Crippen molar-refractivity contribution in [1.82, 2.24) is 4.90 Å². The fraction of sp³-hybridized carbons (Fsp3) is 0.867. The molecule has 0 aliphatic rings. The lowest BCUT2D eigenvalue weighted by molar-refractivity contribution is 0.303. The van der Waals surface area contributed by atoms with Crippen molar-refractivity contribution in [3.8, 4) is 0 Å². The van der Waals surface area contributed by atoms with Gasteiger partial charge in [-0.25, -0.2) is 0 Å². The summed E-state index contributed by atoms with van der Waals surface area (Å²) in [5.74, 6) is 0. The second-order valence-electron chi connectivity index (χ2n) is 4.66. The van der Waals surface area contributed by atoms with Crippen molar-refractivity contribution in [2.24, 2.45) is 0 Å². The van der Waals surface area contributed by atoms with E-state index < -0.39 is 0 Å². The van der Waals surface area contributed by atoms with Gasteiger partial charge in [0.05, 0.1) is 0 Å². The van der Waals surface area contributed by atoms with Crippen LogP contribution in [-0.4, -0.2) is 24.5 Å². The fourth-order valence-corrected chi connectivity index (χ4v) is 2.16. The first-order valence-electron chi connectivity index (χ1n) is 7.18. The van der Waals surface area contributed by atoms with E-state index in [4.69, 9.17) is 0 Å². The minimum atomic E-state index is 1.16. The van der Waals surface area contributed by atoms with Crippen molar-refractivity contribution in [2.45, 2.75) is 66.2 Å². The van der Waals surface area contributed by atoms with Crippen LogP contribution in [0.2, 0.25) is 0 Å². The summed E-state index contributed by atoms with van der Waals surface area (Å²) in [4.78, 5) is 2.57. The Kier molecular flexibility index (Phi) is 11.0. The molecular weight excluding hydrogens is 194 g/mol. The minimum Gasteiger partial charge on any atom is -0.300 e. The molecule has 0 radical (unpaired) electrons. The minimum absolute atomic E-state index is 1.16. The summed E-state index contributed by atoms with van der Waals surface area (Å²) in [5, 5.41) is 0. The molecule has 0 aliphatic heterocycles. The Morgan fingerprint density at radius 2 is 1.31 bits per heavy atom. The molecule has 16 heavy (non-hydrogen) atoms. The maximum Gasteiger partial charge on any atom is 0.0165 e. The molecular formula is C15H31N. The number of hydrogen-bond acceptors (Lipinski definition) is 1. The van der Waals surface area contributed by atoms with Crippen LogP contribution in [-0.2, 0) is 0 Å². The third-order valence-corrected chi connectivity index (χ3v) is 2.86. The van der Waals surface area contributed by atoms with Gasteiger partial charge in [0.25, 0.3) is 0 Å². The molecule has 0 atom stereocenters. The Morgan fingerprint density at radius 3 is 1.69 bits per heavy atom. The molecule has 0 saturated carbocycles. The molecule has 0 amide bonds. The lowest BCUT2D eigenvalue weighted by atomic mass is 10.1. The number of nitrogens with zero attached hydrogens (tertiary/aromatic N) is 1. The number of rotatable bonds is 10. The van der Waals surface area contributed by atoms with E-state index in [1.54, 1.807) is 5.57 Å². The van der Waals surface area contributed by atoms with Crippen molar-refractivity contribution in [2.75, 3.05) is 19.6 Å². The summed E-state index contributed by atoms with van der Waals surface area (Å²) >= 11 is 0. The Morgan fingerprint density at radius 1 is 0.812 bits per heavy atom. The average molecular weight is 225 g/mol. The second kappa shape index (κ2) is 11.2. The Balaban J connectivity index is 4.11. The third-order valence-electron chi connectivity index (χ3n) is 2.86. The normalized spacial score (nSPS) is 10.8. The van der Waals surface area contributed by atoms with Crippen molar-refractivity contribution >= 4 is 0 Å². The molecule has 1 nitrogen and oxygen atoms in total. The maximum atomic E-state index is 2.57. The molecule has 0 heterocycles. The van der Waals surface area contributed by atoms with Crippen molar-refractivity contribution in [3.63, 3.8) is 0 Å². The average Bonchev–Trinajstić information content (AvgIpc) is 2.27. The summed E-state index contributed by atoms with van der Waals surface area (Å²) < 4.78 is 0. The predicted molar refractivity (Wildman–Crippen MR) is 74.9 cm³/mol. The highest BCUT2D eigenvalue weighted by Gasteiger charge is 2.01. The Bertz CT molecular complexity index is 158. The van der Waals surface area contributed by atoms with Gasteiger partial charge in [-0.05, 0) is 38.8 Å². The molecule has 0 aromatic heterocycles. The van der Waals surface area contributed by atoms with E-state index in [-0.39, 0.29) is 0 Å². The van der Waals surface area contributed by atoms with Crippen LogP contribution in [0.5, 0.6) is 0 Å². The lowest BCUT2D eigenvalue weighted by Crippen LogP contribution is -2.25. The third kappa shape index (κ3) is 7.92. The van der Waals surface area contributed by atoms with Gasteiger partial charge in [0.1, 0.15) is 0 Å². The van der Waals surface area contributed by atoms with Crippen LogP contribution in [0.4, 0.5) is 0 Å². The van der Waals surface area contributed by atoms with Gasteiger partial charge < -0.3 is 0 Å². The summed E-state index contributed by atoms with van der Waals surface area (Å²) in [7, 11) is 0. The molecule has 0 saturated heterocycles. The fourth-order valence-electron chi connectivity index (χ4n) is 2.16. The Labute approximate surface area is 103 Å². The van der Waals surface area contributed by atoms with Gasteiger partial charge in [-0.1, -0.05) is 52.2 Å². The summed E-state index contributed by atoms with van der Waals surface area (Å²) in [6, 6.07) is 0. The summed E-state index contributed by atoms with van der Waals surface area (Å²) in [6.07, 6.45) is 10.2. The largest absolute Gasteiger partial charge is 0.300 e. The van der Waals surface area contributed by atoms with Gasteiger partial charge in [0.15, 0.2) is 0 Å². The van der Waals surface area contributed by atoms with Gasteiger partial charge >= 0.3 is 0 Å². The smallest absolute Gasteiger partial charge is 0.0165 e. The number of allylic oxidation sites excluding steroid dienone is 1. The van der Waals surface area contributed by atoms with E-state index >= 15 is 0 Å². The topological polar surface area (TPSA) is 3.24 Å².